The number of carbonyl (C=O) groups excluding carboxylic acids is 2. The van der Waals surface area contributed by atoms with Crippen LogP contribution in [-0.4, -0.2) is 41.9 Å². The quantitative estimate of drug-likeness (QED) is 0.557. The number of urea groups is 1. The molecule has 1 heterocycles. The van der Waals surface area contributed by atoms with E-state index in [9.17, 15) is 40.3 Å². The van der Waals surface area contributed by atoms with E-state index in [4.69, 9.17) is 5.73 Å². The molecule has 3 rings (SSSR count). The number of halogens is 7. The minimum absolute atomic E-state index is 0.0260. The molecule has 0 aromatic heterocycles. The van der Waals surface area contributed by atoms with Gasteiger partial charge < -0.3 is 15.5 Å². The number of nitrogens with two attached hydrogens (primary N) is 1. The molecule has 1 aliphatic heterocycles. The zero-order chi connectivity index (χ0) is 27.0. The van der Waals surface area contributed by atoms with Gasteiger partial charge >= 0.3 is 18.4 Å². The number of likely N-dealkylation sites (tertiary alicyclic amines) is 1. The van der Waals surface area contributed by atoms with Crippen LogP contribution in [0.4, 0.5) is 35.5 Å². The number of aryl methyl sites for hydroxylation is 1. The van der Waals surface area contributed by atoms with Crippen LogP contribution >= 0.6 is 0 Å². The topological polar surface area (TPSA) is 66.6 Å². The molecule has 1 saturated heterocycles. The van der Waals surface area contributed by atoms with Gasteiger partial charge in [-0.1, -0.05) is 6.07 Å². The van der Waals surface area contributed by atoms with E-state index in [1.165, 1.54) is 30.1 Å². The van der Waals surface area contributed by atoms with Crippen LogP contribution in [0.15, 0.2) is 36.4 Å². The predicted octanol–water partition coefficient (Wildman–Crippen LogP) is 5.31. The smallest absolute Gasteiger partial charge is 0.351 e. The summed E-state index contributed by atoms with van der Waals surface area (Å²) in [5.74, 6) is -2.39. The van der Waals surface area contributed by atoms with E-state index < -0.39 is 59.6 Å². The van der Waals surface area contributed by atoms with Crippen molar-refractivity contribution in [1.29, 1.82) is 0 Å². The summed E-state index contributed by atoms with van der Waals surface area (Å²) < 4.78 is 92.9. The molecular formula is C24H24F7N3O2. The average Bonchev–Trinajstić information content (AvgIpc) is 2.76. The van der Waals surface area contributed by atoms with Gasteiger partial charge in [0.15, 0.2) is 0 Å². The van der Waals surface area contributed by atoms with Crippen LogP contribution in [0.1, 0.15) is 40.2 Å². The molecule has 5 nitrogen and oxygen atoms in total. The van der Waals surface area contributed by atoms with Gasteiger partial charge in [-0.25, -0.2) is 9.18 Å². The largest absolute Gasteiger partial charge is 0.416 e. The normalized spacial score (nSPS) is 18.8. The molecule has 1 aliphatic rings. The lowest BCUT2D eigenvalue weighted by atomic mass is 9.78. The minimum atomic E-state index is -5.01. The monoisotopic (exact) mass is 519 g/mol. The molecule has 0 spiro atoms. The fraction of sp³-hybridized carbons (Fsp3) is 0.417. The van der Waals surface area contributed by atoms with E-state index in [1.807, 2.05) is 0 Å². The zero-order valence-electron chi connectivity index (χ0n) is 19.4. The first-order chi connectivity index (χ1) is 16.6. The zero-order valence-corrected chi connectivity index (χ0v) is 19.4. The van der Waals surface area contributed by atoms with Crippen LogP contribution in [0.3, 0.4) is 0 Å². The van der Waals surface area contributed by atoms with E-state index in [-0.39, 0.29) is 31.1 Å². The number of hydrogen-bond acceptors (Lipinski definition) is 2. The standard InChI is InChI=1S/C24H24F7N3O2/c1-13-7-17(25)3-4-18(13)20-12-34(22(32)36)6-5-19(20)21(35)33(2)11-14-8-15(23(26,27)28)10-16(9-14)24(29,30)31/h3-4,7-10,19-20H,5-6,11-12H2,1-2H3,(H2,32,36)/t19-,20+/m0/s1. The van der Waals surface area contributed by atoms with Gasteiger partial charge in [0.25, 0.3) is 0 Å². The van der Waals surface area contributed by atoms with Crippen molar-refractivity contribution < 1.29 is 40.3 Å². The molecular weight excluding hydrogens is 495 g/mol. The van der Waals surface area contributed by atoms with Gasteiger partial charge in [-0.3, -0.25) is 4.79 Å². The van der Waals surface area contributed by atoms with Gasteiger partial charge in [0.2, 0.25) is 5.91 Å². The fourth-order valence-electron chi connectivity index (χ4n) is 4.56. The molecule has 196 valence electrons. The van der Waals surface area contributed by atoms with E-state index in [0.717, 1.165) is 4.90 Å². The summed E-state index contributed by atoms with van der Waals surface area (Å²) in [5.41, 5.74) is 3.24. The number of nitrogens with zero attached hydrogens (tertiary/aromatic N) is 2. The molecule has 12 heteroatoms. The molecule has 2 aromatic rings. The van der Waals surface area contributed by atoms with Gasteiger partial charge in [0.05, 0.1) is 11.1 Å². The highest BCUT2D eigenvalue weighted by molar-refractivity contribution is 5.81. The average molecular weight is 519 g/mol. The number of amides is 3. The molecule has 2 aromatic carbocycles. The molecule has 2 atom stereocenters. The van der Waals surface area contributed by atoms with Gasteiger partial charge in [-0.2, -0.15) is 26.3 Å². The maximum atomic E-state index is 13.7. The van der Waals surface area contributed by atoms with Crippen LogP contribution in [0.2, 0.25) is 0 Å². The van der Waals surface area contributed by atoms with E-state index in [0.29, 0.717) is 23.3 Å². The summed E-state index contributed by atoms with van der Waals surface area (Å²) in [5, 5.41) is 0. The number of hydrogen-bond donors (Lipinski definition) is 1. The second-order valence-electron chi connectivity index (χ2n) is 8.90. The van der Waals surface area contributed by atoms with Gasteiger partial charge in [0.1, 0.15) is 5.82 Å². The van der Waals surface area contributed by atoms with Crippen LogP contribution in [0.25, 0.3) is 0 Å². The summed E-state index contributed by atoms with van der Waals surface area (Å²) in [4.78, 5) is 27.5. The number of primary amides is 1. The Balaban J connectivity index is 1.92. The van der Waals surface area contributed by atoms with Crippen molar-refractivity contribution in [3.8, 4) is 0 Å². The SMILES string of the molecule is Cc1cc(F)ccc1[C@H]1CN(C(N)=O)CC[C@@H]1C(=O)N(C)Cc1cc(C(F)(F)F)cc(C(F)(F)F)c1. The van der Waals surface area contributed by atoms with Crippen LogP contribution in [-0.2, 0) is 23.7 Å². The molecule has 2 N–H and O–H groups in total. The van der Waals surface area contributed by atoms with Crippen molar-refractivity contribution in [2.24, 2.45) is 11.7 Å². The van der Waals surface area contributed by atoms with Crippen molar-refractivity contribution in [1.82, 2.24) is 9.80 Å². The Morgan fingerprint density at radius 1 is 1.03 bits per heavy atom. The number of rotatable bonds is 4. The minimum Gasteiger partial charge on any atom is -0.351 e. The Morgan fingerprint density at radius 3 is 2.11 bits per heavy atom. The third kappa shape index (κ3) is 6.08. The lowest BCUT2D eigenvalue weighted by Gasteiger charge is -2.39. The number of piperidine rings is 1. The van der Waals surface area contributed by atoms with Crippen molar-refractivity contribution in [2.45, 2.75) is 38.2 Å². The predicted molar refractivity (Wildman–Crippen MR) is 116 cm³/mol. The van der Waals surface area contributed by atoms with Crippen molar-refractivity contribution in [3.05, 3.63) is 70.0 Å². The van der Waals surface area contributed by atoms with Crippen LogP contribution in [0.5, 0.6) is 0 Å². The Labute approximate surface area is 202 Å². The molecule has 0 aliphatic carbocycles. The second kappa shape index (κ2) is 9.98. The number of benzene rings is 2. The third-order valence-corrected chi connectivity index (χ3v) is 6.32. The first-order valence-electron chi connectivity index (χ1n) is 10.9. The molecule has 1 fully saturated rings. The first kappa shape index (κ1) is 27.3. The summed E-state index contributed by atoms with van der Waals surface area (Å²) in [6.45, 7) is 1.32. The first-order valence-corrected chi connectivity index (χ1v) is 10.9. The molecule has 0 saturated carbocycles. The highest BCUT2D eigenvalue weighted by Gasteiger charge is 2.39. The molecule has 3 amide bonds. The Morgan fingerprint density at radius 2 is 1.61 bits per heavy atom. The molecule has 0 unspecified atom stereocenters. The Kier molecular flexibility index (Phi) is 7.56. The summed E-state index contributed by atoms with van der Waals surface area (Å²) in [6, 6.07) is 4.44. The van der Waals surface area contributed by atoms with Gasteiger partial charge in [-0.05, 0) is 60.4 Å². The third-order valence-electron chi connectivity index (χ3n) is 6.32. The maximum Gasteiger partial charge on any atom is 0.416 e. The fourth-order valence-corrected chi connectivity index (χ4v) is 4.56. The van der Waals surface area contributed by atoms with Gasteiger partial charge in [-0.15, -0.1) is 0 Å². The van der Waals surface area contributed by atoms with Gasteiger partial charge in [0, 0.05) is 38.5 Å². The lowest BCUT2D eigenvalue weighted by molar-refractivity contribution is -0.143. The summed E-state index contributed by atoms with van der Waals surface area (Å²) in [7, 11) is 1.28. The number of carbonyl (C=O) groups is 2. The summed E-state index contributed by atoms with van der Waals surface area (Å²) >= 11 is 0. The second-order valence-corrected chi connectivity index (χ2v) is 8.90. The highest BCUT2D eigenvalue weighted by Crippen LogP contribution is 2.38. The molecule has 36 heavy (non-hydrogen) atoms. The van der Waals surface area contributed by atoms with E-state index >= 15 is 0 Å². The van der Waals surface area contributed by atoms with Crippen molar-refractivity contribution in [2.75, 3.05) is 20.1 Å². The maximum absolute atomic E-state index is 13.7. The summed E-state index contributed by atoms with van der Waals surface area (Å²) in [6.07, 6.45) is -9.86. The van der Waals surface area contributed by atoms with Crippen molar-refractivity contribution >= 4 is 11.9 Å². The lowest BCUT2D eigenvalue weighted by Crippen LogP contribution is -2.49. The van der Waals surface area contributed by atoms with Crippen LogP contribution in [0, 0.1) is 18.7 Å². The van der Waals surface area contributed by atoms with E-state index in [2.05, 4.69) is 0 Å². The Hall–Kier alpha value is -3.31. The molecule has 0 radical (unpaired) electrons. The Bertz CT molecular complexity index is 1120. The van der Waals surface area contributed by atoms with Crippen LogP contribution < -0.4 is 5.73 Å². The van der Waals surface area contributed by atoms with E-state index in [1.54, 1.807) is 6.92 Å². The molecule has 0 bridgehead atoms. The van der Waals surface area contributed by atoms with Crippen molar-refractivity contribution in [3.63, 3.8) is 0 Å². The number of alkyl halides is 6. The highest BCUT2D eigenvalue weighted by atomic mass is 19.4.